The van der Waals surface area contributed by atoms with Gasteiger partial charge in [0, 0.05) is 0 Å². The van der Waals surface area contributed by atoms with Gasteiger partial charge in [-0.1, -0.05) is 54.7 Å². The molecule has 0 unspecified atom stereocenters. The van der Waals surface area contributed by atoms with Gasteiger partial charge in [0.2, 0.25) is 0 Å². The smallest absolute Gasteiger partial charge is 0.0228 e. The summed E-state index contributed by atoms with van der Waals surface area (Å²) in [6.45, 7) is 18.1. The van der Waals surface area contributed by atoms with Gasteiger partial charge in [-0.2, -0.15) is 0 Å². The minimum Gasteiger partial charge on any atom is -0.0990 e. The zero-order valence-corrected chi connectivity index (χ0v) is 11.8. The molecule has 0 heteroatoms. The summed E-state index contributed by atoms with van der Waals surface area (Å²) in [5.74, 6) is 0. The first kappa shape index (κ1) is 15.4. The fourth-order valence-corrected chi connectivity index (χ4v) is 1.22. The summed E-state index contributed by atoms with van der Waals surface area (Å²) in [7, 11) is 0. The van der Waals surface area contributed by atoms with Gasteiger partial charge in [-0.05, 0) is 51.3 Å². The van der Waals surface area contributed by atoms with Crippen LogP contribution in [0.2, 0.25) is 0 Å². The molecule has 0 amide bonds. The molecule has 0 bridgehead atoms. The van der Waals surface area contributed by atoms with Crippen molar-refractivity contribution in [2.75, 3.05) is 0 Å². The summed E-state index contributed by atoms with van der Waals surface area (Å²) in [5, 5.41) is 0. The Morgan fingerprint density at radius 1 is 0.824 bits per heavy atom. The van der Waals surface area contributed by atoms with E-state index in [-0.39, 0.29) is 0 Å². The van der Waals surface area contributed by atoms with Crippen molar-refractivity contribution in [3.05, 3.63) is 71.4 Å². The van der Waals surface area contributed by atoms with Crippen LogP contribution >= 0.6 is 0 Å². The van der Waals surface area contributed by atoms with Crippen molar-refractivity contribution < 1.29 is 0 Å². The molecule has 17 heavy (non-hydrogen) atoms. The normalized spacial score (nSPS) is 13.4. The zero-order chi connectivity index (χ0) is 13.4. The quantitative estimate of drug-likeness (QED) is 0.542. The summed E-state index contributed by atoms with van der Waals surface area (Å²) in [5.41, 5.74) is 6.02. The molecule has 0 saturated heterocycles. The Balaban J connectivity index is 5.18. The molecule has 0 aromatic rings. The van der Waals surface area contributed by atoms with E-state index in [0.717, 1.165) is 5.57 Å². The van der Waals surface area contributed by atoms with Crippen molar-refractivity contribution in [2.24, 2.45) is 0 Å². The maximum absolute atomic E-state index is 3.92. The van der Waals surface area contributed by atoms with Gasteiger partial charge in [0.1, 0.15) is 0 Å². The van der Waals surface area contributed by atoms with E-state index >= 15 is 0 Å². The molecule has 0 N–H and O–H groups in total. The summed E-state index contributed by atoms with van der Waals surface area (Å²) in [6.07, 6.45) is 10.2. The molecule has 0 aliphatic carbocycles. The second-order valence-corrected chi connectivity index (χ2v) is 4.56. The Labute approximate surface area is 106 Å². The van der Waals surface area contributed by atoms with Crippen molar-refractivity contribution in [3.8, 4) is 0 Å². The highest BCUT2D eigenvalue weighted by molar-refractivity contribution is 5.44. The zero-order valence-electron chi connectivity index (χ0n) is 11.8. The maximum atomic E-state index is 3.92. The van der Waals surface area contributed by atoms with Crippen molar-refractivity contribution in [1.29, 1.82) is 0 Å². The van der Waals surface area contributed by atoms with E-state index in [1.165, 1.54) is 22.3 Å². The van der Waals surface area contributed by atoms with Crippen molar-refractivity contribution in [3.63, 3.8) is 0 Å². The predicted molar refractivity (Wildman–Crippen MR) is 80.0 cm³/mol. The second-order valence-electron chi connectivity index (χ2n) is 4.56. The predicted octanol–water partition coefficient (Wildman–Crippen LogP) is 5.53. The van der Waals surface area contributed by atoms with E-state index in [9.17, 15) is 0 Å². The molecule has 0 saturated carbocycles. The first-order chi connectivity index (χ1) is 7.88. The Bertz CT molecular complexity index is 405. The lowest BCUT2D eigenvalue weighted by atomic mass is 10.0. The number of allylic oxidation sites excluding steroid dienone is 10. The van der Waals surface area contributed by atoms with Gasteiger partial charge in [-0.25, -0.2) is 0 Å². The molecule has 0 atom stereocenters. The van der Waals surface area contributed by atoms with Crippen LogP contribution in [0.15, 0.2) is 71.4 Å². The molecular formula is C17H24. The Hall–Kier alpha value is -1.56. The highest BCUT2D eigenvalue weighted by Gasteiger charge is 1.95. The molecule has 0 aliphatic heterocycles. The van der Waals surface area contributed by atoms with Crippen LogP contribution in [0.5, 0.6) is 0 Å². The molecule has 0 nitrogen and oxygen atoms in total. The molecule has 92 valence electrons. The first-order valence-corrected chi connectivity index (χ1v) is 5.87. The van der Waals surface area contributed by atoms with Crippen LogP contribution < -0.4 is 0 Å². The van der Waals surface area contributed by atoms with Gasteiger partial charge in [-0.3, -0.25) is 0 Å². The molecule has 0 spiro atoms. The topological polar surface area (TPSA) is 0 Å². The standard InChI is InChI=1S/C17H24/c1-8-9-17(12-13(2)3)16(7)11-10-15(6)14(4)5/h8-12H,1,4H2,2-3,5-7H3/b15-10-,16-11+,17-9+. The van der Waals surface area contributed by atoms with Crippen LogP contribution in [0, 0.1) is 0 Å². The van der Waals surface area contributed by atoms with Crippen LogP contribution in [-0.2, 0) is 0 Å². The van der Waals surface area contributed by atoms with E-state index in [4.69, 9.17) is 0 Å². The molecule has 0 aromatic carbocycles. The van der Waals surface area contributed by atoms with E-state index in [1.54, 1.807) is 0 Å². The molecule has 0 heterocycles. The van der Waals surface area contributed by atoms with Crippen molar-refractivity contribution in [1.82, 2.24) is 0 Å². The molecule has 0 radical (unpaired) electrons. The van der Waals surface area contributed by atoms with Crippen LogP contribution in [0.4, 0.5) is 0 Å². The fourth-order valence-electron chi connectivity index (χ4n) is 1.22. The van der Waals surface area contributed by atoms with Gasteiger partial charge in [-0.15, -0.1) is 0 Å². The minimum atomic E-state index is 1.10. The van der Waals surface area contributed by atoms with Crippen LogP contribution in [0.3, 0.4) is 0 Å². The van der Waals surface area contributed by atoms with E-state index in [1.807, 2.05) is 19.1 Å². The Kier molecular flexibility index (Phi) is 6.97. The van der Waals surface area contributed by atoms with E-state index < -0.39 is 0 Å². The molecular weight excluding hydrogens is 204 g/mol. The van der Waals surface area contributed by atoms with Crippen molar-refractivity contribution >= 4 is 0 Å². The van der Waals surface area contributed by atoms with Gasteiger partial charge < -0.3 is 0 Å². The lowest BCUT2D eigenvalue weighted by Gasteiger charge is -2.03. The van der Waals surface area contributed by atoms with Crippen LogP contribution in [-0.4, -0.2) is 0 Å². The molecule has 0 aliphatic rings. The summed E-state index contributed by atoms with van der Waals surface area (Å²) < 4.78 is 0. The SMILES string of the molecule is C=C/C=C(C=C(C)C)/C(C)=C/C=C(/C)C(=C)C. The first-order valence-electron chi connectivity index (χ1n) is 5.87. The van der Waals surface area contributed by atoms with Crippen molar-refractivity contribution in [2.45, 2.75) is 34.6 Å². The van der Waals surface area contributed by atoms with Crippen LogP contribution in [0.25, 0.3) is 0 Å². The summed E-state index contributed by atoms with van der Waals surface area (Å²) in [4.78, 5) is 0. The van der Waals surface area contributed by atoms with Gasteiger partial charge in [0.05, 0.1) is 0 Å². The maximum Gasteiger partial charge on any atom is -0.0228 e. The third-order valence-electron chi connectivity index (χ3n) is 2.45. The number of rotatable bonds is 5. The largest absolute Gasteiger partial charge is 0.0990 e. The molecule has 0 aromatic heterocycles. The van der Waals surface area contributed by atoms with Gasteiger partial charge in [0.25, 0.3) is 0 Å². The monoisotopic (exact) mass is 228 g/mol. The van der Waals surface area contributed by atoms with Crippen LogP contribution in [0.1, 0.15) is 34.6 Å². The lowest BCUT2D eigenvalue weighted by molar-refractivity contribution is 1.32. The number of hydrogen-bond acceptors (Lipinski definition) is 0. The van der Waals surface area contributed by atoms with Gasteiger partial charge >= 0.3 is 0 Å². The van der Waals surface area contributed by atoms with Gasteiger partial charge in [0.15, 0.2) is 0 Å². The Morgan fingerprint density at radius 2 is 1.35 bits per heavy atom. The average molecular weight is 228 g/mol. The lowest BCUT2D eigenvalue weighted by Crippen LogP contribution is -1.83. The molecule has 0 rings (SSSR count). The summed E-state index contributed by atoms with van der Waals surface area (Å²) >= 11 is 0. The van der Waals surface area contributed by atoms with E-state index in [0.29, 0.717) is 0 Å². The van der Waals surface area contributed by atoms with E-state index in [2.05, 4.69) is 59.1 Å². The summed E-state index contributed by atoms with van der Waals surface area (Å²) in [6, 6.07) is 0. The Morgan fingerprint density at radius 3 is 1.76 bits per heavy atom. The second kappa shape index (κ2) is 7.67. The highest BCUT2D eigenvalue weighted by Crippen LogP contribution is 2.15. The molecule has 0 fully saturated rings. The third-order valence-corrected chi connectivity index (χ3v) is 2.45. The third kappa shape index (κ3) is 6.57. The fraction of sp³-hybridized carbons (Fsp3) is 0.294. The number of hydrogen-bond donors (Lipinski definition) is 0. The highest BCUT2D eigenvalue weighted by atomic mass is 14.0. The average Bonchev–Trinajstić information content (AvgIpc) is 2.23. The minimum absolute atomic E-state index is 1.10.